The molecule has 0 aliphatic carbocycles. The number of para-hydroxylation sites is 1. The maximum absolute atomic E-state index is 9.04. The molecule has 1 aromatic carbocycles. The summed E-state index contributed by atoms with van der Waals surface area (Å²) in [7, 11) is 0. The molecule has 2 heteroatoms. The maximum Gasteiger partial charge on any atom is 3.00 e. The van der Waals surface area contributed by atoms with Crippen molar-refractivity contribution < 1.29 is 46.9 Å². The van der Waals surface area contributed by atoms with E-state index in [0.29, 0.717) is 0 Å². The van der Waals surface area contributed by atoms with Crippen molar-refractivity contribution in [3.05, 3.63) is 58.7 Å². The van der Waals surface area contributed by atoms with Crippen molar-refractivity contribution in [1.82, 2.24) is 0 Å². The van der Waals surface area contributed by atoms with Crippen molar-refractivity contribution in [2.75, 3.05) is 0 Å². The molecule has 0 aliphatic heterocycles. The van der Waals surface area contributed by atoms with Crippen LogP contribution in [0.1, 0.15) is 5.56 Å². The number of phenolic OH excluding ortho intramolecular Hbond substituents is 1. The quantitative estimate of drug-likeness (QED) is 0.789. The van der Waals surface area contributed by atoms with Gasteiger partial charge >= 0.3 is 41.7 Å². The fraction of sp³-hybridized carbons (Fsp3) is 0. The summed E-state index contributed by atoms with van der Waals surface area (Å²) in [6.07, 6.45) is 1.62. The Morgan fingerprint density at radius 1 is 1.08 bits per heavy atom. The second kappa shape index (κ2) is 12.1. The molecule has 0 unspecified atom stereocenters. The van der Waals surface area contributed by atoms with Crippen LogP contribution in [0.3, 0.4) is 0 Å². The van der Waals surface area contributed by atoms with Crippen LogP contribution in [0.25, 0.3) is 6.08 Å². The maximum atomic E-state index is 9.04. The molecule has 0 saturated carbocycles. The molecule has 1 nitrogen and oxygen atoms in total. The van der Waals surface area contributed by atoms with Gasteiger partial charge in [0.25, 0.3) is 0 Å². The number of aromatic hydroxyl groups is 1. The topological polar surface area (TPSA) is 20.2 Å². The fourth-order valence-corrected chi connectivity index (χ4v) is 0.660. The molecule has 13 heavy (non-hydrogen) atoms. The molecule has 0 atom stereocenters. The molecule has 1 radical (unpaired) electrons. The molecule has 0 bridgehead atoms. The predicted octanol–water partition coefficient (Wildman–Crippen LogP) is 3.39. The molecule has 0 fully saturated rings. The summed E-state index contributed by atoms with van der Waals surface area (Å²) < 4.78 is 0. The molecule has 0 spiro atoms. The first-order valence-corrected chi connectivity index (χ1v) is 2.75. The summed E-state index contributed by atoms with van der Waals surface area (Å²) in [6, 6.07) is 7.08. The van der Waals surface area contributed by atoms with Gasteiger partial charge in [-0.2, -0.15) is 0 Å². The van der Waals surface area contributed by atoms with Crippen molar-refractivity contribution in [2.24, 2.45) is 0 Å². The van der Waals surface area contributed by atoms with Gasteiger partial charge in [-0.15, -0.1) is 0 Å². The average molecular weight is 305 g/mol. The number of hydrogen-bond acceptors (Lipinski definition) is 1. The Hall–Kier alpha value is 0.137. The first-order chi connectivity index (χ1) is 4.34. The molecule has 0 aliphatic rings. The smallest absolute Gasteiger partial charge is 0.507 e. The van der Waals surface area contributed by atoms with Crippen LogP contribution in [0.2, 0.25) is 0 Å². The third-order valence-corrected chi connectivity index (χ3v) is 1.16. The SMILES string of the molecule is C=Cc1ccccc1O.[CH3-].[CH3-].[CH3-].[Ce+3]. The first-order valence-electron chi connectivity index (χ1n) is 2.75. The minimum absolute atomic E-state index is 0. The van der Waals surface area contributed by atoms with Gasteiger partial charge in [0, 0.05) is 5.56 Å². The molecule has 0 heterocycles. The molecule has 1 N–H and O–H groups in total. The van der Waals surface area contributed by atoms with Crippen LogP contribution in [0.15, 0.2) is 30.8 Å². The molecule has 0 aromatic heterocycles. The van der Waals surface area contributed by atoms with Gasteiger partial charge in [0.05, 0.1) is 0 Å². The van der Waals surface area contributed by atoms with E-state index < -0.39 is 0 Å². The van der Waals surface area contributed by atoms with E-state index in [-0.39, 0.29) is 69.8 Å². The van der Waals surface area contributed by atoms with Crippen molar-refractivity contribution in [3.63, 3.8) is 0 Å². The van der Waals surface area contributed by atoms with Gasteiger partial charge in [0.2, 0.25) is 0 Å². The third-order valence-electron chi connectivity index (χ3n) is 1.16. The van der Waals surface area contributed by atoms with Gasteiger partial charge in [0.1, 0.15) is 5.75 Å². The van der Waals surface area contributed by atoms with Crippen molar-refractivity contribution in [3.8, 4) is 5.75 Å². The molecule has 71 valence electrons. The number of phenols is 1. The summed E-state index contributed by atoms with van der Waals surface area (Å²) in [5.74, 6) is 0.285. The Balaban J connectivity index is -0.000000101. The van der Waals surface area contributed by atoms with Crippen LogP contribution in [-0.4, -0.2) is 5.11 Å². The largest absolute Gasteiger partial charge is 3.00 e. The van der Waals surface area contributed by atoms with Crippen LogP contribution >= 0.6 is 0 Å². The predicted molar refractivity (Wildman–Crippen MR) is 57.4 cm³/mol. The normalized spacial score (nSPS) is 6.15. The average Bonchev–Trinajstić information content (AvgIpc) is 1.89. The molecular formula is C11H17CeO. The second-order valence-electron chi connectivity index (χ2n) is 1.76. The van der Waals surface area contributed by atoms with Crippen LogP contribution < -0.4 is 0 Å². The Bertz CT molecular complexity index is 221. The molecule has 1 rings (SSSR count). The number of rotatable bonds is 1. The Kier molecular flexibility index (Phi) is 21.6. The van der Waals surface area contributed by atoms with E-state index in [9.17, 15) is 0 Å². The second-order valence-corrected chi connectivity index (χ2v) is 1.76. The standard InChI is InChI=1S/C8H8O.3CH3.Ce/c1-2-7-5-3-4-6-8(7)9;;;;/h2-6,9H,1H2;3*1H3;/q;3*-1;+3. The first kappa shape index (κ1) is 23.2. The summed E-state index contributed by atoms with van der Waals surface area (Å²) in [5, 5.41) is 9.04. The van der Waals surface area contributed by atoms with Crippen molar-refractivity contribution >= 4 is 6.08 Å². The Morgan fingerprint density at radius 3 is 1.85 bits per heavy atom. The van der Waals surface area contributed by atoms with E-state index in [4.69, 9.17) is 5.11 Å². The zero-order valence-corrected chi connectivity index (χ0v) is 11.7. The summed E-state index contributed by atoms with van der Waals surface area (Å²) >= 11 is 0. The molecule has 0 saturated heterocycles. The Morgan fingerprint density at radius 2 is 1.54 bits per heavy atom. The van der Waals surface area contributed by atoms with Crippen molar-refractivity contribution in [2.45, 2.75) is 0 Å². The van der Waals surface area contributed by atoms with E-state index in [0.717, 1.165) is 5.56 Å². The monoisotopic (exact) mass is 305 g/mol. The van der Waals surface area contributed by atoms with Crippen molar-refractivity contribution in [1.29, 1.82) is 0 Å². The van der Waals surface area contributed by atoms with Crippen LogP contribution in [0, 0.1) is 64.0 Å². The van der Waals surface area contributed by atoms with Crippen LogP contribution in [-0.2, 0) is 0 Å². The van der Waals surface area contributed by atoms with Gasteiger partial charge in [-0.1, -0.05) is 30.9 Å². The van der Waals surface area contributed by atoms with E-state index in [1.807, 2.05) is 12.1 Å². The van der Waals surface area contributed by atoms with Gasteiger partial charge in [0.15, 0.2) is 0 Å². The van der Waals surface area contributed by atoms with E-state index >= 15 is 0 Å². The van der Waals surface area contributed by atoms with E-state index in [1.54, 1.807) is 18.2 Å². The number of hydrogen-bond donors (Lipinski definition) is 1. The molecular weight excluding hydrogens is 288 g/mol. The third kappa shape index (κ3) is 7.23. The van der Waals surface area contributed by atoms with E-state index in [1.165, 1.54) is 0 Å². The minimum Gasteiger partial charge on any atom is -0.507 e. The van der Waals surface area contributed by atoms with Gasteiger partial charge in [-0.25, -0.2) is 0 Å². The van der Waals surface area contributed by atoms with E-state index in [2.05, 4.69) is 6.58 Å². The summed E-state index contributed by atoms with van der Waals surface area (Å²) in [6.45, 7) is 3.53. The minimum atomic E-state index is 0. The summed E-state index contributed by atoms with van der Waals surface area (Å²) in [5.41, 5.74) is 0.775. The van der Waals surface area contributed by atoms with Gasteiger partial charge in [-0.3, -0.25) is 0 Å². The Labute approximate surface area is 116 Å². The summed E-state index contributed by atoms with van der Waals surface area (Å²) in [4.78, 5) is 0. The van der Waals surface area contributed by atoms with Crippen LogP contribution in [0.5, 0.6) is 5.75 Å². The molecule has 0 amide bonds. The zero-order chi connectivity index (χ0) is 6.69. The van der Waals surface area contributed by atoms with Crippen LogP contribution in [0.4, 0.5) is 0 Å². The fourth-order valence-electron chi connectivity index (χ4n) is 0.660. The van der Waals surface area contributed by atoms with Gasteiger partial charge < -0.3 is 27.4 Å². The van der Waals surface area contributed by atoms with Gasteiger partial charge in [-0.05, 0) is 6.07 Å². The molecule has 1 aromatic rings. The number of benzene rings is 1. The zero-order valence-electron chi connectivity index (χ0n) is 8.54.